The van der Waals surface area contributed by atoms with Gasteiger partial charge in [-0.25, -0.2) is 0 Å². The van der Waals surface area contributed by atoms with Gasteiger partial charge >= 0.3 is 0 Å². The van der Waals surface area contributed by atoms with E-state index in [9.17, 15) is 4.79 Å². The topological polar surface area (TPSA) is 26.3 Å². The Morgan fingerprint density at radius 2 is 1.83 bits per heavy atom. The summed E-state index contributed by atoms with van der Waals surface area (Å²) in [6.45, 7) is 1.91. The molecule has 2 nitrogen and oxygen atoms in total. The molecular weight excluding hydrogens is 224 g/mol. The molecular formula is C16H18O2. The maximum Gasteiger partial charge on any atom is 0.132 e. The van der Waals surface area contributed by atoms with Crippen LogP contribution in [0.2, 0.25) is 0 Å². The Balaban J connectivity index is 2.20. The molecule has 0 bridgehead atoms. The number of carbonyl (C=O) groups excluding carboxylic acids is 1. The third-order valence-electron chi connectivity index (χ3n) is 3.20. The molecule has 0 saturated carbocycles. The van der Waals surface area contributed by atoms with Crippen LogP contribution in [0.3, 0.4) is 0 Å². The van der Waals surface area contributed by atoms with Crippen LogP contribution in [0.1, 0.15) is 25.3 Å². The molecule has 2 heteroatoms. The van der Waals surface area contributed by atoms with Crippen molar-refractivity contribution in [1.29, 1.82) is 0 Å². The number of benzene rings is 2. The summed E-state index contributed by atoms with van der Waals surface area (Å²) in [7, 11) is 1.67. The van der Waals surface area contributed by atoms with Gasteiger partial charge in [0.1, 0.15) is 11.5 Å². The van der Waals surface area contributed by atoms with Crippen molar-refractivity contribution < 1.29 is 9.53 Å². The molecule has 0 heterocycles. The highest BCUT2D eigenvalue weighted by Crippen LogP contribution is 2.22. The third-order valence-corrected chi connectivity index (χ3v) is 3.20. The van der Waals surface area contributed by atoms with Gasteiger partial charge in [0.15, 0.2) is 0 Å². The molecule has 94 valence electrons. The minimum Gasteiger partial charge on any atom is -0.497 e. The molecule has 2 rings (SSSR count). The first kappa shape index (κ1) is 12.6. The van der Waals surface area contributed by atoms with Gasteiger partial charge in [0.05, 0.1) is 7.11 Å². The summed E-state index contributed by atoms with van der Waals surface area (Å²) >= 11 is 0. The summed E-state index contributed by atoms with van der Waals surface area (Å²) in [5.41, 5.74) is 1.22. The molecule has 2 aromatic rings. The average Bonchev–Trinajstić information content (AvgIpc) is 2.43. The number of aryl methyl sites for hydroxylation is 1. The van der Waals surface area contributed by atoms with Crippen LogP contribution in [0, 0.1) is 0 Å². The molecule has 0 unspecified atom stereocenters. The molecule has 0 aliphatic heterocycles. The zero-order chi connectivity index (χ0) is 13.0. The van der Waals surface area contributed by atoms with Crippen LogP contribution in [-0.2, 0) is 11.2 Å². The van der Waals surface area contributed by atoms with Crippen LogP contribution in [0.5, 0.6) is 5.75 Å². The number of carbonyl (C=O) groups is 1. The second kappa shape index (κ2) is 5.67. The molecule has 0 aromatic heterocycles. The lowest BCUT2D eigenvalue weighted by atomic mass is 10.0. The van der Waals surface area contributed by atoms with Gasteiger partial charge < -0.3 is 4.74 Å². The molecule has 2 aromatic carbocycles. The second-order valence-electron chi connectivity index (χ2n) is 4.44. The van der Waals surface area contributed by atoms with Crippen LogP contribution >= 0.6 is 0 Å². The van der Waals surface area contributed by atoms with Crippen molar-refractivity contribution in [2.75, 3.05) is 7.11 Å². The number of rotatable bonds is 5. The number of ether oxygens (including phenoxy) is 1. The Labute approximate surface area is 108 Å². The highest BCUT2D eigenvalue weighted by molar-refractivity contribution is 5.85. The first-order valence-corrected chi connectivity index (χ1v) is 6.31. The molecule has 0 N–H and O–H groups in total. The molecule has 0 saturated heterocycles. The molecule has 0 atom stereocenters. The van der Waals surface area contributed by atoms with E-state index in [1.165, 1.54) is 16.3 Å². The van der Waals surface area contributed by atoms with Crippen LogP contribution in [0.4, 0.5) is 0 Å². The first-order chi connectivity index (χ1) is 8.72. The normalized spacial score (nSPS) is 10.6. The predicted octanol–water partition coefficient (Wildman–Crippen LogP) is 3.76. The molecule has 0 aliphatic carbocycles. The number of hydrogen-bond acceptors (Lipinski definition) is 2. The Morgan fingerprint density at radius 1 is 1.11 bits per heavy atom. The molecule has 0 amide bonds. The van der Waals surface area contributed by atoms with Crippen LogP contribution < -0.4 is 4.74 Å². The van der Waals surface area contributed by atoms with Crippen molar-refractivity contribution in [1.82, 2.24) is 0 Å². The van der Waals surface area contributed by atoms with E-state index < -0.39 is 0 Å². The summed E-state index contributed by atoms with van der Waals surface area (Å²) in [6, 6.07) is 12.4. The van der Waals surface area contributed by atoms with Crippen molar-refractivity contribution in [3.8, 4) is 5.75 Å². The quantitative estimate of drug-likeness (QED) is 0.798. The molecule has 0 radical (unpaired) electrons. The van der Waals surface area contributed by atoms with Gasteiger partial charge in [-0.05, 0) is 34.9 Å². The number of hydrogen-bond donors (Lipinski definition) is 0. The largest absolute Gasteiger partial charge is 0.497 e. The van der Waals surface area contributed by atoms with Gasteiger partial charge in [-0.15, -0.1) is 0 Å². The van der Waals surface area contributed by atoms with Gasteiger partial charge in [0.2, 0.25) is 0 Å². The zero-order valence-electron chi connectivity index (χ0n) is 10.9. The van der Waals surface area contributed by atoms with Gasteiger partial charge in [0.25, 0.3) is 0 Å². The smallest absolute Gasteiger partial charge is 0.132 e. The average molecular weight is 242 g/mol. The fourth-order valence-electron chi connectivity index (χ4n) is 2.02. The maximum atomic E-state index is 11.3. The lowest BCUT2D eigenvalue weighted by Gasteiger charge is -2.05. The summed E-state index contributed by atoms with van der Waals surface area (Å²) in [5.74, 6) is 1.20. The van der Waals surface area contributed by atoms with E-state index in [1.807, 2.05) is 19.1 Å². The lowest BCUT2D eigenvalue weighted by molar-refractivity contribution is -0.118. The number of ketones is 1. The fraction of sp³-hybridized carbons (Fsp3) is 0.312. The Hall–Kier alpha value is -1.83. The standard InChI is InChI=1S/C16H18O2/c1-3-15(17)8-5-12-4-6-14-11-16(18-2)9-7-13(14)10-12/h4,6-7,9-11H,3,5,8H2,1-2H3. The molecule has 18 heavy (non-hydrogen) atoms. The van der Waals surface area contributed by atoms with E-state index in [4.69, 9.17) is 4.74 Å². The minimum absolute atomic E-state index is 0.324. The van der Waals surface area contributed by atoms with E-state index in [1.54, 1.807) is 7.11 Å². The monoisotopic (exact) mass is 242 g/mol. The van der Waals surface area contributed by atoms with Crippen molar-refractivity contribution in [2.24, 2.45) is 0 Å². The van der Waals surface area contributed by atoms with Crippen molar-refractivity contribution >= 4 is 16.6 Å². The lowest BCUT2D eigenvalue weighted by Crippen LogP contribution is -1.97. The van der Waals surface area contributed by atoms with Crippen molar-refractivity contribution in [3.05, 3.63) is 42.0 Å². The second-order valence-corrected chi connectivity index (χ2v) is 4.44. The van der Waals surface area contributed by atoms with Gasteiger partial charge in [0, 0.05) is 12.8 Å². The van der Waals surface area contributed by atoms with E-state index >= 15 is 0 Å². The first-order valence-electron chi connectivity index (χ1n) is 6.31. The van der Waals surface area contributed by atoms with E-state index in [2.05, 4.69) is 24.3 Å². The number of fused-ring (bicyclic) bond motifs is 1. The summed E-state index contributed by atoms with van der Waals surface area (Å²) in [6.07, 6.45) is 2.09. The van der Waals surface area contributed by atoms with E-state index in [0.29, 0.717) is 18.6 Å². The molecule has 0 spiro atoms. The third kappa shape index (κ3) is 2.89. The summed E-state index contributed by atoms with van der Waals surface area (Å²) in [5, 5.41) is 2.36. The van der Waals surface area contributed by atoms with Gasteiger partial charge in [-0.2, -0.15) is 0 Å². The van der Waals surface area contributed by atoms with Crippen molar-refractivity contribution in [2.45, 2.75) is 26.2 Å². The Morgan fingerprint density at radius 3 is 2.56 bits per heavy atom. The fourth-order valence-corrected chi connectivity index (χ4v) is 2.02. The zero-order valence-corrected chi connectivity index (χ0v) is 10.9. The Kier molecular flexibility index (Phi) is 3.98. The summed E-state index contributed by atoms with van der Waals surface area (Å²) < 4.78 is 5.20. The number of methoxy groups -OCH3 is 1. The molecule has 0 fully saturated rings. The van der Waals surface area contributed by atoms with E-state index in [0.717, 1.165) is 12.2 Å². The van der Waals surface area contributed by atoms with Gasteiger partial charge in [-0.1, -0.05) is 31.2 Å². The highest BCUT2D eigenvalue weighted by Gasteiger charge is 2.02. The summed E-state index contributed by atoms with van der Waals surface area (Å²) in [4.78, 5) is 11.3. The molecule has 0 aliphatic rings. The van der Waals surface area contributed by atoms with E-state index in [-0.39, 0.29) is 0 Å². The Bertz CT molecular complexity index is 558. The van der Waals surface area contributed by atoms with Crippen LogP contribution in [0.15, 0.2) is 36.4 Å². The predicted molar refractivity (Wildman–Crippen MR) is 74.1 cm³/mol. The maximum absolute atomic E-state index is 11.3. The SMILES string of the molecule is CCC(=O)CCc1ccc2cc(OC)ccc2c1. The van der Waals surface area contributed by atoms with Crippen LogP contribution in [-0.4, -0.2) is 12.9 Å². The van der Waals surface area contributed by atoms with Crippen LogP contribution in [0.25, 0.3) is 10.8 Å². The van der Waals surface area contributed by atoms with Crippen molar-refractivity contribution in [3.63, 3.8) is 0 Å². The highest BCUT2D eigenvalue weighted by atomic mass is 16.5. The minimum atomic E-state index is 0.324. The van der Waals surface area contributed by atoms with Gasteiger partial charge in [-0.3, -0.25) is 4.79 Å². The number of Topliss-reactive ketones (excluding diaryl/α,β-unsaturated/α-hetero) is 1.